The van der Waals surface area contributed by atoms with E-state index < -0.39 is 0 Å². The molecule has 1 aromatic carbocycles. The minimum absolute atomic E-state index is 0.0145. The Kier molecular flexibility index (Phi) is 6.01. The number of fused-ring (bicyclic) bond motifs is 1. The molecule has 0 bridgehead atoms. The first-order valence-electron chi connectivity index (χ1n) is 10.9. The van der Waals surface area contributed by atoms with Crippen LogP contribution in [0.25, 0.3) is 0 Å². The van der Waals surface area contributed by atoms with Crippen LogP contribution in [0.5, 0.6) is 0 Å². The number of piperidine rings is 1. The molecule has 4 atom stereocenters. The molecule has 3 heterocycles. The van der Waals surface area contributed by atoms with E-state index >= 15 is 0 Å². The molecular weight excluding hydrogens is 487 g/mol. The summed E-state index contributed by atoms with van der Waals surface area (Å²) in [6.45, 7) is 4.26. The molecule has 2 amide bonds. The van der Waals surface area contributed by atoms with Crippen LogP contribution < -0.4 is 15.5 Å². The lowest BCUT2D eigenvalue weighted by molar-refractivity contribution is -0.135. The molecule has 1 aliphatic carbocycles. The van der Waals surface area contributed by atoms with Crippen molar-refractivity contribution in [3.63, 3.8) is 0 Å². The number of carbonyl (C=O) groups excluding carboxylic acids is 2. The Hall–Kier alpha value is -2.29. The van der Waals surface area contributed by atoms with E-state index in [0.29, 0.717) is 53.0 Å². The normalized spacial score (nSPS) is 24.8. The van der Waals surface area contributed by atoms with Gasteiger partial charge in [0.2, 0.25) is 17.8 Å². The number of anilines is 2. The lowest BCUT2D eigenvalue weighted by Crippen LogP contribution is -2.54. The topological polar surface area (TPSA) is 90.5 Å². The number of nitrogens with one attached hydrogen (secondary N) is 2. The number of hydrogen-bond donors (Lipinski definition) is 2. The van der Waals surface area contributed by atoms with Crippen LogP contribution in [0.1, 0.15) is 24.9 Å². The van der Waals surface area contributed by atoms with E-state index in [2.05, 4.69) is 20.6 Å². The minimum Gasteiger partial charge on any atom is -0.362 e. The first-order chi connectivity index (χ1) is 15.8. The van der Waals surface area contributed by atoms with E-state index in [4.69, 9.17) is 34.8 Å². The molecule has 5 rings (SSSR count). The monoisotopic (exact) mass is 508 g/mol. The highest BCUT2D eigenvalue weighted by molar-refractivity contribution is 6.35. The quantitative estimate of drug-likeness (QED) is 0.642. The number of amides is 2. The summed E-state index contributed by atoms with van der Waals surface area (Å²) in [5.74, 6) is 1.29. The van der Waals surface area contributed by atoms with Gasteiger partial charge >= 0.3 is 0 Å². The Balaban J connectivity index is 1.23. The van der Waals surface area contributed by atoms with Crippen LogP contribution >= 0.6 is 34.8 Å². The van der Waals surface area contributed by atoms with Gasteiger partial charge in [0, 0.05) is 48.1 Å². The maximum Gasteiger partial charge on any atom is 0.245 e. The molecule has 2 N–H and O–H groups in total. The van der Waals surface area contributed by atoms with E-state index in [-0.39, 0.29) is 35.7 Å². The lowest BCUT2D eigenvalue weighted by atomic mass is 10.1. The molecule has 8 nitrogen and oxygen atoms in total. The fraction of sp³-hybridized carbons (Fsp3) is 0.455. The van der Waals surface area contributed by atoms with Gasteiger partial charge < -0.3 is 20.4 Å². The van der Waals surface area contributed by atoms with Gasteiger partial charge in [0.05, 0.1) is 12.2 Å². The minimum atomic E-state index is -0.363. The van der Waals surface area contributed by atoms with Crippen molar-refractivity contribution in [2.24, 2.45) is 11.8 Å². The second-order valence-corrected chi connectivity index (χ2v) is 9.95. The van der Waals surface area contributed by atoms with Crippen molar-refractivity contribution >= 4 is 58.4 Å². The smallest absolute Gasteiger partial charge is 0.245 e. The zero-order valence-corrected chi connectivity index (χ0v) is 20.2. The highest BCUT2D eigenvalue weighted by atomic mass is 35.5. The fourth-order valence-corrected chi connectivity index (χ4v) is 5.28. The largest absolute Gasteiger partial charge is 0.362 e. The summed E-state index contributed by atoms with van der Waals surface area (Å²) in [7, 11) is 0. The Morgan fingerprint density at radius 3 is 2.58 bits per heavy atom. The first kappa shape index (κ1) is 22.5. The molecular formula is C22H23Cl3N6O2. The molecule has 1 saturated carbocycles. The van der Waals surface area contributed by atoms with Gasteiger partial charge in [0.15, 0.2) is 5.82 Å². The number of piperazine rings is 1. The van der Waals surface area contributed by atoms with Gasteiger partial charge in [-0.05, 0) is 31.0 Å². The Bertz CT molecular complexity index is 1110. The van der Waals surface area contributed by atoms with Gasteiger partial charge in [-0.3, -0.25) is 9.59 Å². The van der Waals surface area contributed by atoms with Crippen molar-refractivity contribution in [3.8, 4) is 0 Å². The van der Waals surface area contributed by atoms with E-state index in [0.717, 1.165) is 12.0 Å². The van der Waals surface area contributed by atoms with Crippen LogP contribution in [-0.4, -0.2) is 58.9 Å². The first-order valence-corrected chi connectivity index (χ1v) is 12.0. The third-order valence-electron chi connectivity index (χ3n) is 6.56. The molecule has 3 fully saturated rings. The average Bonchev–Trinajstić information content (AvgIpc) is 3.53. The Morgan fingerprint density at radius 2 is 1.94 bits per heavy atom. The molecule has 3 aliphatic rings. The van der Waals surface area contributed by atoms with Crippen molar-refractivity contribution in [1.82, 2.24) is 20.2 Å². The van der Waals surface area contributed by atoms with E-state index in [9.17, 15) is 9.59 Å². The van der Waals surface area contributed by atoms with Crippen molar-refractivity contribution in [2.75, 3.05) is 36.4 Å². The van der Waals surface area contributed by atoms with Crippen molar-refractivity contribution in [2.45, 2.75) is 25.4 Å². The molecule has 2 aliphatic heterocycles. The van der Waals surface area contributed by atoms with Crippen LogP contribution in [0.4, 0.5) is 11.8 Å². The molecule has 2 aromatic rings. The molecule has 1 aromatic heterocycles. The van der Waals surface area contributed by atoms with Crippen molar-refractivity contribution in [3.05, 3.63) is 45.0 Å². The van der Waals surface area contributed by atoms with Crippen molar-refractivity contribution < 1.29 is 9.59 Å². The number of rotatable bonds is 5. The summed E-state index contributed by atoms with van der Waals surface area (Å²) in [4.78, 5) is 37.5. The standard InChI is InChI=1S/C22H23Cl3N6O2/c1-11(13-3-2-12(23)8-16(13)24)27-19-17(25)10-26-22(29-19)31-6-4-30(5-7-31)21(33)18-14-9-15(14)20(32)28-18/h2-3,8,10-11,14-15,18H,4-7,9H2,1H3,(H,28,32)(H,26,27,29)/t11-,14+,15?,18-/m1/s1. The third-order valence-corrected chi connectivity index (χ3v) is 7.40. The molecule has 11 heteroatoms. The average molecular weight is 510 g/mol. The molecule has 33 heavy (non-hydrogen) atoms. The summed E-state index contributed by atoms with van der Waals surface area (Å²) in [6, 6.07) is 4.83. The summed E-state index contributed by atoms with van der Waals surface area (Å²) >= 11 is 18.7. The predicted octanol–water partition coefficient (Wildman–Crippen LogP) is 3.39. The van der Waals surface area contributed by atoms with Crippen LogP contribution in [0.2, 0.25) is 15.1 Å². The molecule has 1 unspecified atom stereocenters. The number of halogens is 3. The third kappa shape index (κ3) is 4.44. The highest BCUT2D eigenvalue weighted by Gasteiger charge is 2.57. The fourth-order valence-electron chi connectivity index (χ4n) is 4.57. The van der Waals surface area contributed by atoms with Gasteiger partial charge in [-0.25, -0.2) is 4.98 Å². The SMILES string of the molecule is C[C@@H](Nc1nc(N2CCN(C(=O)[C@@H]3NC(=O)C4C[C@@H]43)CC2)ncc1Cl)c1ccc(Cl)cc1Cl. The van der Waals surface area contributed by atoms with E-state index in [1.165, 1.54) is 0 Å². The maximum absolute atomic E-state index is 12.8. The number of hydrogen-bond acceptors (Lipinski definition) is 6. The van der Waals surface area contributed by atoms with Gasteiger partial charge in [-0.1, -0.05) is 40.9 Å². The molecule has 0 spiro atoms. The molecule has 174 valence electrons. The zero-order chi connectivity index (χ0) is 23.3. The number of benzene rings is 1. The molecule has 2 saturated heterocycles. The summed E-state index contributed by atoms with van der Waals surface area (Å²) in [5, 5.41) is 7.68. The van der Waals surface area contributed by atoms with Gasteiger partial charge in [-0.2, -0.15) is 4.98 Å². The van der Waals surface area contributed by atoms with Crippen LogP contribution in [0, 0.1) is 11.8 Å². The van der Waals surface area contributed by atoms with E-state index in [1.807, 2.05) is 22.8 Å². The van der Waals surface area contributed by atoms with Gasteiger partial charge in [0.1, 0.15) is 11.1 Å². The summed E-state index contributed by atoms with van der Waals surface area (Å²) in [6.07, 6.45) is 2.40. The number of nitrogens with zero attached hydrogens (tertiary/aromatic N) is 4. The Morgan fingerprint density at radius 1 is 1.18 bits per heavy atom. The lowest BCUT2D eigenvalue weighted by Gasteiger charge is -2.36. The molecule has 0 radical (unpaired) electrons. The van der Waals surface area contributed by atoms with Gasteiger partial charge in [0.25, 0.3) is 0 Å². The van der Waals surface area contributed by atoms with Crippen LogP contribution in [-0.2, 0) is 9.59 Å². The number of carbonyl (C=O) groups is 2. The number of aromatic nitrogens is 2. The van der Waals surface area contributed by atoms with Crippen LogP contribution in [0.3, 0.4) is 0 Å². The van der Waals surface area contributed by atoms with E-state index in [1.54, 1.807) is 18.3 Å². The second kappa shape index (κ2) is 8.81. The predicted molar refractivity (Wildman–Crippen MR) is 128 cm³/mol. The maximum atomic E-state index is 12.8. The highest BCUT2D eigenvalue weighted by Crippen LogP contribution is 2.46. The summed E-state index contributed by atoms with van der Waals surface area (Å²) in [5.41, 5.74) is 0.876. The van der Waals surface area contributed by atoms with Crippen molar-refractivity contribution in [1.29, 1.82) is 0 Å². The summed E-state index contributed by atoms with van der Waals surface area (Å²) < 4.78 is 0. The Labute approximate surface area is 206 Å². The van der Waals surface area contributed by atoms with Crippen LogP contribution in [0.15, 0.2) is 24.4 Å². The van der Waals surface area contributed by atoms with Gasteiger partial charge in [-0.15, -0.1) is 0 Å². The zero-order valence-electron chi connectivity index (χ0n) is 17.9. The second-order valence-electron chi connectivity index (χ2n) is 8.70.